The highest BCUT2D eigenvalue weighted by Gasteiger charge is 2.38. The first-order chi connectivity index (χ1) is 17.1. The molecule has 1 aliphatic heterocycles. The van der Waals surface area contributed by atoms with E-state index in [0.29, 0.717) is 24.2 Å². The zero-order valence-corrected chi connectivity index (χ0v) is 20.8. The molecule has 0 saturated carbocycles. The summed E-state index contributed by atoms with van der Waals surface area (Å²) in [7, 11) is -4.37. The van der Waals surface area contributed by atoms with Gasteiger partial charge in [0.05, 0.1) is 29.4 Å². The number of aliphatic hydroxyl groups excluding tert-OH is 2. The van der Waals surface area contributed by atoms with Gasteiger partial charge in [0.2, 0.25) is 0 Å². The second-order valence-corrected chi connectivity index (χ2v) is 10.6. The average Bonchev–Trinajstić information content (AvgIpc) is 2.85. The first-order valence-corrected chi connectivity index (χ1v) is 13.2. The fourth-order valence-corrected chi connectivity index (χ4v) is 6.07. The molecule has 2 N–H and O–H groups in total. The molecule has 3 rings (SSSR count). The summed E-state index contributed by atoms with van der Waals surface area (Å²) >= 11 is 0. The minimum absolute atomic E-state index is 0.0156. The SMILES string of the molecule is C#C[C@H]1CCc2ccc(C(F)(F)F)cc2N1S(=O)(=O)c1ccc(OCC(CCC)CCO)c(CO)c1. The number of aliphatic hydroxyl groups is 2. The third-order valence-electron chi connectivity index (χ3n) is 6.28. The van der Waals surface area contributed by atoms with Crippen molar-refractivity contribution in [3.8, 4) is 18.1 Å². The van der Waals surface area contributed by atoms with Gasteiger partial charge in [0.1, 0.15) is 11.8 Å². The number of benzene rings is 2. The first-order valence-electron chi connectivity index (χ1n) is 11.7. The summed E-state index contributed by atoms with van der Waals surface area (Å²) in [6, 6.07) is 6.02. The number of anilines is 1. The number of rotatable bonds is 10. The van der Waals surface area contributed by atoms with Gasteiger partial charge in [-0.2, -0.15) is 13.2 Å². The monoisotopic (exact) mass is 525 g/mol. The predicted molar refractivity (Wildman–Crippen MR) is 130 cm³/mol. The molecule has 0 saturated heterocycles. The summed E-state index contributed by atoms with van der Waals surface area (Å²) in [5.41, 5.74) is -0.403. The number of hydrogen-bond donors (Lipinski definition) is 2. The highest BCUT2D eigenvalue weighted by Crippen LogP contribution is 2.40. The molecule has 1 unspecified atom stereocenters. The van der Waals surface area contributed by atoms with Crippen molar-refractivity contribution in [2.75, 3.05) is 17.5 Å². The van der Waals surface area contributed by atoms with Gasteiger partial charge in [0.25, 0.3) is 10.0 Å². The number of ether oxygens (including phenoxy) is 1. The van der Waals surface area contributed by atoms with Crippen LogP contribution in [-0.4, -0.2) is 37.9 Å². The van der Waals surface area contributed by atoms with Gasteiger partial charge in [0.15, 0.2) is 0 Å². The van der Waals surface area contributed by atoms with E-state index in [1.165, 1.54) is 24.3 Å². The van der Waals surface area contributed by atoms with Crippen molar-refractivity contribution >= 4 is 15.7 Å². The maximum absolute atomic E-state index is 13.7. The van der Waals surface area contributed by atoms with E-state index < -0.39 is 34.4 Å². The van der Waals surface area contributed by atoms with Gasteiger partial charge in [-0.25, -0.2) is 8.42 Å². The number of alkyl halides is 3. The molecule has 0 amide bonds. The van der Waals surface area contributed by atoms with E-state index >= 15 is 0 Å². The van der Waals surface area contributed by atoms with Crippen LogP contribution in [0.15, 0.2) is 41.3 Å². The second kappa shape index (κ2) is 11.5. The number of fused-ring (bicyclic) bond motifs is 1. The molecule has 10 heteroatoms. The summed E-state index contributed by atoms with van der Waals surface area (Å²) in [4.78, 5) is -0.218. The Bertz CT molecular complexity index is 1200. The minimum Gasteiger partial charge on any atom is -0.493 e. The summed E-state index contributed by atoms with van der Waals surface area (Å²) in [5, 5.41) is 19.1. The lowest BCUT2D eigenvalue weighted by molar-refractivity contribution is -0.137. The molecule has 6 nitrogen and oxygen atoms in total. The average molecular weight is 526 g/mol. The van der Waals surface area contributed by atoms with Crippen molar-refractivity contribution in [2.24, 2.45) is 5.92 Å². The molecular formula is C26H30F3NO5S. The summed E-state index contributed by atoms with van der Waals surface area (Å²) in [6.45, 7) is 1.81. The quantitative estimate of drug-likeness (QED) is 0.446. The summed E-state index contributed by atoms with van der Waals surface area (Å²) < 4.78 is 74.3. The Morgan fingerprint density at radius 3 is 2.56 bits per heavy atom. The maximum Gasteiger partial charge on any atom is 0.416 e. The van der Waals surface area contributed by atoms with Gasteiger partial charge in [0, 0.05) is 12.2 Å². The molecule has 0 spiro atoms. The van der Waals surface area contributed by atoms with Gasteiger partial charge in [-0.1, -0.05) is 25.3 Å². The Morgan fingerprint density at radius 1 is 1.19 bits per heavy atom. The van der Waals surface area contributed by atoms with Crippen molar-refractivity contribution in [1.82, 2.24) is 0 Å². The van der Waals surface area contributed by atoms with Crippen molar-refractivity contribution in [2.45, 2.75) is 62.7 Å². The molecule has 196 valence electrons. The normalized spacial score (nSPS) is 16.8. The van der Waals surface area contributed by atoms with Crippen LogP contribution in [0, 0.1) is 18.3 Å². The number of aryl methyl sites for hydroxylation is 1. The highest BCUT2D eigenvalue weighted by molar-refractivity contribution is 7.92. The Morgan fingerprint density at radius 2 is 1.94 bits per heavy atom. The summed E-state index contributed by atoms with van der Waals surface area (Å²) in [6.07, 6.45) is 3.83. The lowest BCUT2D eigenvalue weighted by Crippen LogP contribution is -2.43. The lowest BCUT2D eigenvalue weighted by atomic mass is 9.97. The zero-order chi connectivity index (χ0) is 26.5. The van der Waals surface area contributed by atoms with E-state index in [-0.39, 0.29) is 41.7 Å². The molecule has 36 heavy (non-hydrogen) atoms. The number of hydrogen-bond acceptors (Lipinski definition) is 5. The predicted octanol–water partition coefficient (Wildman–Crippen LogP) is 4.52. The van der Waals surface area contributed by atoms with Crippen LogP contribution in [0.25, 0.3) is 0 Å². The molecule has 2 atom stereocenters. The molecular weight excluding hydrogens is 495 g/mol. The Hall–Kier alpha value is -2.74. The van der Waals surface area contributed by atoms with Crippen molar-refractivity contribution < 1.29 is 36.5 Å². The third kappa shape index (κ3) is 5.97. The molecule has 0 bridgehead atoms. The zero-order valence-electron chi connectivity index (χ0n) is 20.0. The van der Waals surface area contributed by atoms with E-state index in [2.05, 4.69) is 5.92 Å². The highest BCUT2D eigenvalue weighted by atomic mass is 32.2. The number of nitrogens with zero attached hydrogens (tertiary/aromatic N) is 1. The van der Waals surface area contributed by atoms with E-state index in [9.17, 15) is 31.8 Å². The molecule has 0 aliphatic carbocycles. The summed E-state index contributed by atoms with van der Waals surface area (Å²) in [5.74, 6) is 2.79. The van der Waals surface area contributed by atoms with Crippen LogP contribution in [0.5, 0.6) is 5.75 Å². The number of halogens is 3. The van der Waals surface area contributed by atoms with Gasteiger partial charge in [-0.3, -0.25) is 4.31 Å². The van der Waals surface area contributed by atoms with Gasteiger partial charge in [-0.05, 0) is 67.5 Å². The van der Waals surface area contributed by atoms with Crippen molar-refractivity contribution in [3.05, 3.63) is 53.1 Å². The fourth-order valence-electron chi connectivity index (χ4n) is 4.39. The topological polar surface area (TPSA) is 87.1 Å². The first kappa shape index (κ1) is 27.8. The van der Waals surface area contributed by atoms with E-state index in [1.54, 1.807) is 0 Å². The maximum atomic E-state index is 13.7. The molecule has 2 aromatic rings. The van der Waals surface area contributed by atoms with Crippen LogP contribution >= 0.6 is 0 Å². The Labute approximate surface area is 209 Å². The van der Waals surface area contributed by atoms with Crippen LogP contribution < -0.4 is 9.04 Å². The Kier molecular flexibility index (Phi) is 8.93. The second-order valence-electron chi connectivity index (χ2n) is 8.77. The molecule has 2 aromatic carbocycles. The molecule has 0 aromatic heterocycles. The van der Waals surface area contributed by atoms with Crippen LogP contribution in [0.2, 0.25) is 0 Å². The van der Waals surface area contributed by atoms with Crippen LogP contribution in [0.3, 0.4) is 0 Å². The minimum atomic E-state index is -4.65. The smallest absolute Gasteiger partial charge is 0.416 e. The fraction of sp³-hybridized carbons (Fsp3) is 0.462. The van der Waals surface area contributed by atoms with Gasteiger partial charge in [-0.15, -0.1) is 6.42 Å². The number of terminal acetylenes is 1. The molecule has 1 aliphatic rings. The Balaban J connectivity index is 1.99. The standard InChI is InChI=1S/C26H30F3NO5S/c1-3-5-18(12-13-31)17-35-25-11-10-23(14-20(25)16-32)36(33,34)30-22(4-2)9-7-19-6-8-21(15-24(19)30)26(27,28)29/h2,6,8,10-11,14-15,18,22,31-32H,3,5,7,9,12-13,16-17H2,1H3/t18?,22-/m0/s1. The number of sulfonamides is 1. The van der Waals surface area contributed by atoms with Crippen molar-refractivity contribution in [3.63, 3.8) is 0 Å². The largest absolute Gasteiger partial charge is 0.493 e. The molecule has 1 heterocycles. The van der Waals surface area contributed by atoms with Crippen LogP contribution in [-0.2, 0) is 29.2 Å². The van der Waals surface area contributed by atoms with Gasteiger partial charge < -0.3 is 14.9 Å². The van der Waals surface area contributed by atoms with E-state index in [1.807, 2.05) is 6.92 Å². The van der Waals surface area contributed by atoms with Crippen LogP contribution in [0.1, 0.15) is 49.3 Å². The lowest BCUT2D eigenvalue weighted by Gasteiger charge is -2.35. The third-order valence-corrected chi connectivity index (χ3v) is 8.10. The van der Waals surface area contributed by atoms with E-state index in [4.69, 9.17) is 11.2 Å². The van der Waals surface area contributed by atoms with Crippen LogP contribution in [0.4, 0.5) is 18.9 Å². The molecule has 0 fully saturated rings. The van der Waals surface area contributed by atoms with Gasteiger partial charge >= 0.3 is 6.18 Å². The molecule has 0 radical (unpaired) electrons. The van der Waals surface area contributed by atoms with E-state index in [0.717, 1.165) is 29.3 Å². The van der Waals surface area contributed by atoms with Crippen molar-refractivity contribution in [1.29, 1.82) is 0 Å².